The average Bonchev–Trinajstić information content (AvgIpc) is 2.84. The monoisotopic (exact) mass is 536 g/mol. The molecule has 0 bridgehead atoms. The smallest absolute Gasteiger partial charge is 0.169 e. The van der Waals surface area contributed by atoms with Crippen molar-refractivity contribution in [3.8, 4) is 11.5 Å². The second kappa shape index (κ2) is 12.2. The van der Waals surface area contributed by atoms with Gasteiger partial charge in [-0.2, -0.15) is 0 Å². The van der Waals surface area contributed by atoms with Crippen LogP contribution in [0.25, 0.3) is 0 Å². The molecule has 0 aromatic heterocycles. The highest BCUT2D eigenvalue weighted by Crippen LogP contribution is 2.31. The number of aromatic hydroxyl groups is 1. The molecule has 7 heteroatoms. The van der Waals surface area contributed by atoms with E-state index in [1.54, 1.807) is 49.2 Å². The highest BCUT2D eigenvalue weighted by molar-refractivity contribution is 8.13. The lowest BCUT2D eigenvalue weighted by Gasteiger charge is -2.26. The molecule has 4 nitrogen and oxygen atoms in total. The van der Waals surface area contributed by atoms with Crippen molar-refractivity contribution in [1.29, 1.82) is 0 Å². The Labute approximate surface area is 226 Å². The van der Waals surface area contributed by atoms with Gasteiger partial charge in [0.15, 0.2) is 5.17 Å². The second-order valence-electron chi connectivity index (χ2n) is 8.31. The molecule has 0 amide bonds. The van der Waals surface area contributed by atoms with Gasteiger partial charge in [-0.25, -0.2) is 4.99 Å². The van der Waals surface area contributed by atoms with E-state index < -0.39 is 0 Å². The summed E-state index contributed by atoms with van der Waals surface area (Å²) in [5, 5.41) is 11.6. The standard InChI is InChI=1S/C29H26Cl2N2O2S/c1-20-5-3-8-28(13-20)36-29(32-25-16-23(30)15-24(31)17-25)33(18-21-9-11-26(34)12-10-21)19-22-6-4-7-27(14-22)35-2/h3-17,34H,18-19H2,1-2H3. The Balaban J connectivity index is 1.79. The number of hydrogen-bond acceptors (Lipinski definition) is 4. The molecule has 0 saturated carbocycles. The molecule has 0 fully saturated rings. The van der Waals surface area contributed by atoms with Crippen LogP contribution >= 0.6 is 35.0 Å². The first kappa shape index (κ1) is 26.0. The van der Waals surface area contributed by atoms with Crippen LogP contribution < -0.4 is 4.74 Å². The van der Waals surface area contributed by atoms with Crippen LogP contribution in [0.15, 0.2) is 101 Å². The van der Waals surface area contributed by atoms with Crippen LogP contribution in [0.5, 0.6) is 11.5 Å². The fourth-order valence-corrected chi connectivity index (χ4v) is 5.19. The Hall–Kier alpha value is -3.12. The maximum atomic E-state index is 9.78. The molecule has 4 aromatic rings. The number of hydrogen-bond donors (Lipinski definition) is 1. The quantitative estimate of drug-likeness (QED) is 0.146. The van der Waals surface area contributed by atoms with E-state index in [2.05, 4.69) is 36.1 Å². The van der Waals surface area contributed by atoms with Gasteiger partial charge in [0.1, 0.15) is 11.5 Å². The van der Waals surface area contributed by atoms with Gasteiger partial charge in [0.2, 0.25) is 0 Å². The van der Waals surface area contributed by atoms with Gasteiger partial charge in [-0.15, -0.1) is 0 Å². The van der Waals surface area contributed by atoms with E-state index in [1.165, 1.54) is 5.56 Å². The Morgan fingerprint density at radius 2 is 1.56 bits per heavy atom. The number of thioether (sulfide) groups is 1. The highest BCUT2D eigenvalue weighted by Gasteiger charge is 2.17. The topological polar surface area (TPSA) is 45.1 Å². The van der Waals surface area contributed by atoms with Crippen molar-refractivity contribution < 1.29 is 9.84 Å². The van der Waals surface area contributed by atoms with Crippen molar-refractivity contribution in [2.24, 2.45) is 4.99 Å². The minimum absolute atomic E-state index is 0.231. The molecule has 0 radical (unpaired) electrons. The number of rotatable bonds is 7. The predicted molar refractivity (Wildman–Crippen MR) is 151 cm³/mol. The molecule has 4 rings (SSSR count). The molecule has 0 saturated heterocycles. The summed E-state index contributed by atoms with van der Waals surface area (Å²) in [4.78, 5) is 8.28. The van der Waals surface area contributed by atoms with Crippen LogP contribution in [0.4, 0.5) is 5.69 Å². The van der Waals surface area contributed by atoms with Crippen LogP contribution in [-0.2, 0) is 13.1 Å². The molecule has 0 unspecified atom stereocenters. The maximum Gasteiger partial charge on any atom is 0.169 e. The second-order valence-corrected chi connectivity index (χ2v) is 10.2. The Morgan fingerprint density at radius 3 is 2.25 bits per heavy atom. The predicted octanol–water partition coefficient (Wildman–Crippen LogP) is 8.50. The number of aryl methyl sites for hydroxylation is 1. The number of phenolic OH excluding ortho intramolecular Hbond substituents is 1. The molecule has 1 N–H and O–H groups in total. The maximum absolute atomic E-state index is 9.78. The molecule has 4 aromatic carbocycles. The van der Waals surface area contributed by atoms with Gasteiger partial charge in [0.05, 0.1) is 12.8 Å². The third kappa shape index (κ3) is 7.44. The van der Waals surface area contributed by atoms with Gasteiger partial charge in [-0.05, 0) is 72.6 Å². The summed E-state index contributed by atoms with van der Waals surface area (Å²) in [7, 11) is 1.66. The van der Waals surface area contributed by atoms with Crippen molar-refractivity contribution in [1.82, 2.24) is 4.90 Å². The molecule has 0 heterocycles. The van der Waals surface area contributed by atoms with Crippen molar-refractivity contribution in [2.75, 3.05) is 7.11 Å². The lowest BCUT2D eigenvalue weighted by atomic mass is 10.1. The van der Waals surface area contributed by atoms with Gasteiger partial charge in [-0.3, -0.25) is 0 Å². The van der Waals surface area contributed by atoms with E-state index >= 15 is 0 Å². The van der Waals surface area contributed by atoms with Crippen molar-refractivity contribution >= 4 is 45.8 Å². The largest absolute Gasteiger partial charge is 0.508 e. The summed E-state index contributed by atoms with van der Waals surface area (Å²) in [6.45, 7) is 3.23. The molecule has 36 heavy (non-hydrogen) atoms. The molecule has 0 aliphatic rings. The third-order valence-corrected chi connectivity index (χ3v) is 6.82. The highest BCUT2D eigenvalue weighted by atomic mass is 35.5. The summed E-state index contributed by atoms with van der Waals surface area (Å²) in [6.07, 6.45) is 0. The van der Waals surface area contributed by atoms with Gasteiger partial charge < -0.3 is 14.7 Å². The van der Waals surface area contributed by atoms with Crippen molar-refractivity contribution in [2.45, 2.75) is 24.9 Å². The zero-order valence-electron chi connectivity index (χ0n) is 20.0. The molecular weight excluding hydrogens is 511 g/mol. The Morgan fingerprint density at radius 1 is 0.861 bits per heavy atom. The minimum atomic E-state index is 0.231. The van der Waals surface area contributed by atoms with Gasteiger partial charge in [-0.1, -0.05) is 76.9 Å². The van der Waals surface area contributed by atoms with E-state index in [1.807, 2.05) is 36.4 Å². The molecule has 0 aliphatic carbocycles. The summed E-state index contributed by atoms with van der Waals surface area (Å²) in [5.74, 6) is 1.03. The number of ether oxygens (including phenoxy) is 1. The number of nitrogens with zero attached hydrogens (tertiary/aromatic N) is 2. The molecular formula is C29H26Cl2N2O2S. The number of benzene rings is 4. The first-order chi connectivity index (χ1) is 17.4. The fraction of sp³-hybridized carbons (Fsp3) is 0.138. The van der Waals surface area contributed by atoms with Crippen LogP contribution in [-0.4, -0.2) is 22.3 Å². The van der Waals surface area contributed by atoms with Crippen LogP contribution in [0, 0.1) is 6.92 Å². The zero-order valence-corrected chi connectivity index (χ0v) is 22.3. The summed E-state index contributed by atoms with van der Waals surface area (Å²) in [5.41, 5.74) is 3.96. The van der Waals surface area contributed by atoms with Crippen LogP contribution in [0.2, 0.25) is 10.0 Å². The molecule has 184 valence electrons. The Bertz CT molecular complexity index is 1340. The lowest BCUT2D eigenvalue weighted by Crippen LogP contribution is -2.28. The minimum Gasteiger partial charge on any atom is -0.508 e. The number of halogens is 2. The molecule has 0 aliphatic heterocycles. The zero-order chi connectivity index (χ0) is 25.5. The van der Waals surface area contributed by atoms with Gasteiger partial charge >= 0.3 is 0 Å². The fourth-order valence-electron chi connectivity index (χ4n) is 3.66. The number of aliphatic imine (C=N–C) groups is 1. The van der Waals surface area contributed by atoms with E-state index in [0.717, 1.165) is 26.9 Å². The van der Waals surface area contributed by atoms with Gasteiger partial charge in [0, 0.05) is 28.0 Å². The van der Waals surface area contributed by atoms with Gasteiger partial charge in [0.25, 0.3) is 0 Å². The lowest BCUT2D eigenvalue weighted by molar-refractivity contribution is 0.402. The average molecular weight is 538 g/mol. The van der Waals surface area contributed by atoms with Crippen LogP contribution in [0.1, 0.15) is 16.7 Å². The van der Waals surface area contributed by atoms with Crippen molar-refractivity contribution in [3.63, 3.8) is 0 Å². The van der Waals surface area contributed by atoms with Crippen LogP contribution in [0.3, 0.4) is 0 Å². The number of methoxy groups -OCH3 is 1. The third-order valence-electron chi connectivity index (χ3n) is 5.36. The van der Waals surface area contributed by atoms with E-state index in [4.69, 9.17) is 32.9 Å². The summed E-state index contributed by atoms with van der Waals surface area (Å²) in [6, 6.07) is 28.8. The number of phenols is 1. The van der Waals surface area contributed by atoms with E-state index in [0.29, 0.717) is 28.8 Å². The molecule has 0 spiro atoms. The first-order valence-electron chi connectivity index (χ1n) is 11.3. The normalized spacial score (nSPS) is 11.4. The SMILES string of the molecule is COc1cccc(CN(Cc2ccc(O)cc2)C(=Nc2cc(Cl)cc(Cl)c2)Sc2cccc(C)c2)c1. The van der Waals surface area contributed by atoms with E-state index in [9.17, 15) is 5.11 Å². The summed E-state index contributed by atoms with van der Waals surface area (Å²) < 4.78 is 5.45. The Kier molecular flexibility index (Phi) is 8.81. The van der Waals surface area contributed by atoms with Crippen molar-refractivity contribution in [3.05, 3.63) is 118 Å². The first-order valence-corrected chi connectivity index (χ1v) is 12.9. The van der Waals surface area contributed by atoms with E-state index in [-0.39, 0.29) is 5.75 Å². The molecule has 0 atom stereocenters. The summed E-state index contributed by atoms with van der Waals surface area (Å²) >= 11 is 14.2. The number of amidine groups is 1.